The lowest BCUT2D eigenvalue weighted by Crippen LogP contribution is -2.45. The van der Waals surface area contributed by atoms with Crippen LogP contribution in [0, 0.1) is 0 Å². The summed E-state index contributed by atoms with van der Waals surface area (Å²) in [5.74, 6) is -0.362. The van der Waals surface area contributed by atoms with E-state index in [9.17, 15) is 9.59 Å². The highest BCUT2D eigenvalue weighted by atomic mass is 16.5. The zero-order chi connectivity index (χ0) is 12.7. The molecule has 1 unspecified atom stereocenters. The van der Waals surface area contributed by atoms with Crippen molar-refractivity contribution in [1.29, 1.82) is 0 Å². The molecule has 0 spiro atoms. The minimum Gasteiger partial charge on any atom is -0.469 e. The standard InChI is InChI=1S/C12H21NO4/c1-16-11(14)7-5-9-13-8-4-3-6-10(13)12(15)17-2/h10H,3-9H2,1-2H3. The van der Waals surface area contributed by atoms with Crippen LogP contribution in [-0.2, 0) is 19.1 Å². The van der Waals surface area contributed by atoms with Gasteiger partial charge in [-0.1, -0.05) is 6.42 Å². The lowest BCUT2D eigenvalue weighted by molar-refractivity contribution is -0.148. The molecule has 0 radical (unpaired) electrons. The molecule has 0 aromatic carbocycles. The van der Waals surface area contributed by atoms with Crippen molar-refractivity contribution in [3.63, 3.8) is 0 Å². The first kappa shape index (κ1) is 14.0. The van der Waals surface area contributed by atoms with Gasteiger partial charge in [-0.25, -0.2) is 0 Å². The highest BCUT2D eigenvalue weighted by molar-refractivity contribution is 5.75. The molecule has 0 saturated carbocycles. The van der Waals surface area contributed by atoms with Crippen LogP contribution in [0.15, 0.2) is 0 Å². The van der Waals surface area contributed by atoms with Gasteiger partial charge in [0.15, 0.2) is 0 Å². The molecule has 1 atom stereocenters. The second-order valence-corrected chi connectivity index (χ2v) is 4.25. The number of hydrogen-bond acceptors (Lipinski definition) is 5. The molecule has 1 aliphatic heterocycles. The molecule has 1 saturated heterocycles. The maximum absolute atomic E-state index is 11.6. The van der Waals surface area contributed by atoms with Crippen LogP contribution >= 0.6 is 0 Å². The highest BCUT2D eigenvalue weighted by Gasteiger charge is 2.28. The fraction of sp³-hybridized carbons (Fsp3) is 0.833. The van der Waals surface area contributed by atoms with Gasteiger partial charge in [-0.05, 0) is 32.4 Å². The minimum atomic E-state index is -0.198. The second kappa shape index (κ2) is 7.27. The predicted octanol–water partition coefficient (Wildman–Crippen LogP) is 0.967. The highest BCUT2D eigenvalue weighted by Crippen LogP contribution is 2.18. The van der Waals surface area contributed by atoms with Crippen LogP contribution in [0.4, 0.5) is 0 Å². The number of ether oxygens (including phenoxy) is 2. The van der Waals surface area contributed by atoms with Gasteiger partial charge < -0.3 is 9.47 Å². The molecular weight excluding hydrogens is 222 g/mol. The van der Waals surface area contributed by atoms with Crippen LogP contribution < -0.4 is 0 Å². The third kappa shape index (κ3) is 4.34. The summed E-state index contributed by atoms with van der Waals surface area (Å²) >= 11 is 0. The van der Waals surface area contributed by atoms with E-state index in [2.05, 4.69) is 9.64 Å². The molecule has 17 heavy (non-hydrogen) atoms. The number of rotatable bonds is 5. The van der Waals surface area contributed by atoms with Gasteiger partial charge in [0.1, 0.15) is 6.04 Å². The number of likely N-dealkylation sites (tertiary alicyclic amines) is 1. The van der Waals surface area contributed by atoms with Crippen molar-refractivity contribution < 1.29 is 19.1 Å². The lowest BCUT2D eigenvalue weighted by atomic mass is 10.0. The summed E-state index contributed by atoms with van der Waals surface area (Å²) < 4.78 is 9.38. The Bertz CT molecular complexity index is 267. The number of carbonyl (C=O) groups excluding carboxylic acids is 2. The Kier molecular flexibility index (Phi) is 5.97. The number of carbonyl (C=O) groups is 2. The van der Waals surface area contributed by atoms with Gasteiger partial charge in [-0.2, -0.15) is 0 Å². The molecule has 1 aliphatic rings. The van der Waals surface area contributed by atoms with Gasteiger partial charge in [0.05, 0.1) is 14.2 Å². The van der Waals surface area contributed by atoms with Crippen molar-refractivity contribution in [2.24, 2.45) is 0 Å². The van der Waals surface area contributed by atoms with Crippen LogP contribution in [0.3, 0.4) is 0 Å². The monoisotopic (exact) mass is 243 g/mol. The van der Waals surface area contributed by atoms with E-state index in [1.54, 1.807) is 0 Å². The van der Waals surface area contributed by atoms with E-state index in [-0.39, 0.29) is 18.0 Å². The van der Waals surface area contributed by atoms with Gasteiger partial charge in [0, 0.05) is 6.42 Å². The fourth-order valence-corrected chi connectivity index (χ4v) is 2.19. The maximum atomic E-state index is 11.6. The maximum Gasteiger partial charge on any atom is 0.323 e. The Balaban J connectivity index is 2.37. The average Bonchev–Trinajstić information content (AvgIpc) is 2.38. The SMILES string of the molecule is COC(=O)CCCN1CCCCC1C(=O)OC. The molecule has 98 valence electrons. The largest absolute Gasteiger partial charge is 0.469 e. The Hall–Kier alpha value is -1.10. The van der Waals surface area contributed by atoms with E-state index in [0.29, 0.717) is 6.42 Å². The van der Waals surface area contributed by atoms with Gasteiger partial charge in [-0.3, -0.25) is 14.5 Å². The summed E-state index contributed by atoms with van der Waals surface area (Å²) in [4.78, 5) is 24.7. The summed E-state index contributed by atoms with van der Waals surface area (Å²) in [5.41, 5.74) is 0. The summed E-state index contributed by atoms with van der Waals surface area (Å²) in [6.45, 7) is 1.65. The van der Waals surface area contributed by atoms with Crippen molar-refractivity contribution in [2.75, 3.05) is 27.3 Å². The summed E-state index contributed by atoms with van der Waals surface area (Å²) in [6.07, 6.45) is 4.14. The number of nitrogens with zero attached hydrogens (tertiary/aromatic N) is 1. The van der Waals surface area contributed by atoms with Crippen molar-refractivity contribution in [1.82, 2.24) is 4.90 Å². The molecule has 0 amide bonds. The van der Waals surface area contributed by atoms with Crippen molar-refractivity contribution in [3.8, 4) is 0 Å². The number of piperidine rings is 1. The first-order valence-corrected chi connectivity index (χ1v) is 6.07. The van der Waals surface area contributed by atoms with Crippen molar-refractivity contribution >= 4 is 11.9 Å². The third-order valence-corrected chi connectivity index (χ3v) is 3.14. The summed E-state index contributed by atoms with van der Waals surface area (Å²) in [5, 5.41) is 0. The molecule has 0 aromatic rings. The zero-order valence-electron chi connectivity index (χ0n) is 10.6. The number of esters is 2. The van der Waals surface area contributed by atoms with Crippen LogP contribution in [-0.4, -0.2) is 50.2 Å². The molecule has 1 fully saturated rings. The Morgan fingerprint density at radius 3 is 2.65 bits per heavy atom. The minimum absolute atomic E-state index is 0.133. The van der Waals surface area contributed by atoms with E-state index in [1.165, 1.54) is 14.2 Å². The van der Waals surface area contributed by atoms with E-state index in [1.807, 2.05) is 0 Å². The molecular formula is C12H21NO4. The molecule has 5 nitrogen and oxygen atoms in total. The quantitative estimate of drug-likeness (QED) is 0.673. The zero-order valence-corrected chi connectivity index (χ0v) is 10.6. The van der Waals surface area contributed by atoms with Gasteiger partial charge in [0.2, 0.25) is 0 Å². The Morgan fingerprint density at radius 2 is 2.00 bits per heavy atom. The molecule has 0 N–H and O–H groups in total. The number of methoxy groups -OCH3 is 2. The van der Waals surface area contributed by atoms with Crippen LogP contribution in [0.5, 0.6) is 0 Å². The first-order valence-electron chi connectivity index (χ1n) is 6.07. The lowest BCUT2D eigenvalue weighted by Gasteiger charge is -2.33. The number of hydrogen-bond donors (Lipinski definition) is 0. The van der Waals surface area contributed by atoms with Crippen LogP contribution in [0.25, 0.3) is 0 Å². The Morgan fingerprint density at radius 1 is 1.24 bits per heavy atom. The van der Waals surface area contributed by atoms with E-state index in [4.69, 9.17) is 4.74 Å². The molecule has 0 aromatic heterocycles. The summed E-state index contributed by atoms with van der Waals surface area (Å²) in [6, 6.07) is -0.133. The molecule has 0 bridgehead atoms. The Labute approximate surface area is 102 Å². The molecule has 1 heterocycles. The topological polar surface area (TPSA) is 55.8 Å². The van der Waals surface area contributed by atoms with Crippen LogP contribution in [0.1, 0.15) is 32.1 Å². The van der Waals surface area contributed by atoms with E-state index >= 15 is 0 Å². The molecule has 0 aliphatic carbocycles. The van der Waals surface area contributed by atoms with E-state index < -0.39 is 0 Å². The van der Waals surface area contributed by atoms with E-state index in [0.717, 1.165) is 38.8 Å². The van der Waals surface area contributed by atoms with Crippen LogP contribution in [0.2, 0.25) is 0 Å². The first-order chi connectivity index (χ1) is 8.19. The third-order valence-electron chi connectivity index (χ3n) is 3.14. The predicted molar refractivity (Wildman–Crippen MR) is 62.5 cm³/mol. The van der Waals surface area contributed by atoms with Crippen molar-refractivity contribution in [2.45, 2.75) is 38.1 Å². The fourth-order valence-electron chi connectivity index (χ4n) is 2.19. The smallest absolute Gasteiger partial charge is 0.323 e. The molecule has 5 heteroatoms. The molecule has 1 rings (SSSR count). The van der Waals surface area contributed by atoms with Gasteiger partial charge in [0.25, 0.3) is 0 Å². The normalized spacial score (nSPS) is 20.9. The van der Waals surface area contributed by atoms with Gasteiger partial charge in [-0.15, -0.1) is 0 Å². The summed E-state index contributed by atoms with van der Waals surface area (Å²) in [7, 11) is 2.81. The second-order valence-electron chi connectivity index (χ2n) is 4.25. The average molecular weight is 243 g/mol. The van der Waals surface area contributed by atoms with Gasteiger partial charge >= 0.3 is 11.9 Å². The van der Waals surface area contributed by atoms with Crippen molar-refractivity contribution in [3.05, 3.63) is 0 Å².